The van der Waals surface area contributed by atoms with E-state index in [0.717, 1.165) is 5.56 Å². The second-order valence-corrected chi connectivity index (χ2v) is 3.80. The minimum absolute atomic E-state index is 0.0260. The summed E-state index contributed by atoms with van der Waals surface area (Å²) in [5.74, 6) is 0.596. The molecule has 0 radical (unpaired) electrons. The Bertz CT molecular complexity index is 366. The van der Waals surface area contributed by atoms with E-state index in [4.69, 9.17) is 22.1 Å². The molecule has 0 heterocycles. The van der Waals surface area contributed by atoms with Crippen LogP contribution in [0.2, 0.25) is 5.02 Å². The zero-order valence-corrected chi connectivity index (χ0v) is 9.54. The molecule has 3 nitrogen and oxygen atoms in total. The molecule has 82 valence electrons. The zero-order valence-electron chi connectivity index (χ0n) is 8.79. The average molecular weight is 228 g/mol. The van der Waals surface area contributed by atoms with Gasteiger partial charge in [0.05, 0.1) is 18.2 Å². The number of rotatable bonds is 4. The van der Waals surface area contributed by atoms with Gasteiger partial charge in [-0.3, -0.25) is 4.79 Å². The second kappa shape index (κ2) is 5.14. The summed E-state index contributed by atoms with van der Waals surface area (Å²) in [5, 5.41) is 0.533. The van der Waals surface area contributed by atoms with Gasteiger partial charge in [0.2, 0.25) is 0 Å². The van der Waals surface area contributed by atoms with E-state index in [1.807, 2.05) is 6.07 Å². The number of ether oxygens (including phenoxy) is 1. The third-order valence-corrected chi connectivity index (χ3v) is 2.49. The van der Waals surface area contributed by atoms with Gasteiger partial charge in [0.15, 0.2) is 0 Å². The maximum atomic E-state index is 11.0. The number of carbonyl (C=O) groups is 1. The van der Waals surface area contributed by atoms with Crippen molar-refractivity contribution >= 4 is 17.4 Å². The van der Waals surface area contributed by atoms with Gasteiger partial charge < -0.3 is 10.5 Å². The predicted octanol–water partition coefficient (Wildman–Crippen LogP) is 1.81. The summed E-state index contributed by atoms with van der Waals surface area (Å²) in [7, 11) is 1.56. The summed E-state index contributed by atoms with van der Waals surface area (Å²) in [5.41, 5.74) is 6.58. The Labute approximate surface area is 94.2 Å². The molecule has 0 aliphatic carbocycles. The normalized spacial score (nSPS) is 12.3. The van der Waals surface area contributed by atoms with E-state index >= 15 is 0 Å². The fourth-order valence-corrected chi connectivity index (χ4v) is 1.51. The molecule has 0 fully saturated rings. The highest BCUT2D eigenvalue weighted by atomic mass is 35.5. The number of nitrogens with two attached hydrogens (primary N) is 1. The third-order valence-electron chi connectivity index (χ3n) is 2.19. The molecule has 4 heteroatoms. The Morgan fingerprint density at radius 1 is 1.60 bits per heavy atom. The van der Waals surface area contributed by atoms with Crippen LogP contribution in [0.4, 0.5) is 0 Å². The highest BCUT2D eigenvalue weighted by Crippen LogP contribution is 2.25. The van der Waals surface area contributed by atoms with Crippen LogP contribution >= 0.6 is 11.6 Å². The molecule has 1 atom stereocenters. The van der Waals surface area contributed by atoms with Crippen LogP contribution in [-0.2, 0) is 11.2 Å². The highest BCUT2D eigenvalue weighted by Gasteiger charge is 2.10. The number of Topliss-reactive ketones (excluding diaryl/α,β-unsaturated/α-hetero) is 1. The van der Waals surface area contributed by atoms with Crippen molar-refractivity contribution < 1.29 is 9.53 Å². The van der Waals surface area contributed by atoms with Gasteiger partial charge in [-0.15, -0.1) is 0 Å². The van der Waals surface area contributed by atoms with Crippen molar-refractivity contribution in [3.8, 4) is 5.75 Å². The number of methoxy groups -OCH3 is 1. The van der Waals surface area contributed by atoms with Crippen molar-refractivity contribution in [3.05, 3.63) is 28.8 Å². The van der Waals surface area contributed by atoms with Gasteiger partial charge in [-0.05, 0) is 31.0 Å². The van der Waals surface area contributed by atoms with E-state index in [-0.39, 0.29) is 5.78 Å². The Morgan fingerprint density at radius 3 is 2.73 bits per heavy atom. The first kappa shape index (κ1) is 12.0. The van der Waals surface area contributed by atoms with Crippen LogP contribution in [0.15, 0.2) is 18.2 Å². The largest absolute Gasteiger partial charge is 0.495 e. The molecular weight excluding hydrogens is 214 g/mol. The van der Waals surface area contributed by atoms with E-state index in [9.17, 15) is 4.79 Å². The van der Waals surface area contributed by atoms with Gasteiger partial charge in [-0.2, -0.15) is 0 Å². The quantitative estimate of drug-likeness (QED) is 0.854. The molecule has 0 spiro atoms. The topological polar surface area (TPSA) is 52.3 Å². The first-order valence-electron chi connectivity index (χ1n) is 4.63. The van der Waals surface area contributed by atoms with Crippen LogP contribution in [0, 0.1) is 0 Å². The SMILES string of the molecule is COc1ccc(CC(N)C(C)=O)cc1Cl. The molecule has 0 saturated heterocycles. The van der Waals surface area contributed by atoms with Gasteiger partial charge in [0.1, 0.15) is 11.5 Å². The number of hydrogen-bond donors (Lipinski definition) is 1. The third kappa shape index (κ3) is 3.22. The van der Waals surface area contributed by atoms with Gasteiger partial charge >= 0.3 is 0 Å². The lowest BCUT2D eigenvalue weighted by Crippen LogP contribution is -2.30. The second-order valence-electron chi connectivity index (χ2n) is 3.39. The van der Waals surface area contributed by atoms with E-state index in [1.165, 1.54) is 6.92 Å². The van der Waals surface area contributed by atoms with Crippen molar-refractivity contribution in [2.45, 2.75) is 19.4 Å². The Hall–Kier alpha value is -1.06. The van der Waals surface area contributed by atoms with E-state index in [1.54, 1.807) is 19.2 Å². The number of halogens is 1. The molecule has 0 aromatic heterocycles. The molecule has 1 aromatic carbocycles. The molecule has 1 unspecified atom stereocenters. The highest BCUT2D eigenvalue weighted by molar-refractivity contribution is 6.32. The predicted molar refractivity (Wildman–Crippen MR) is 60.4 cm³/mol. The van der Waals surface area contributed by atoms with Gasteiger partial charge in [0.25, 0.3) is 0 Å². The molecule has 1 rings (SSSR count). The summed E-state index contributed by atoms with van der Waals surface area (Å²) in [6.45, 7) is 1.48. The smallest absolute Gasteiger partial charge is 0.146 e. The van der Waals surface area contributed by atoms with Crippen molar-refractivity contribution in [3.63, 3.8) is 0 Å². The lowest BCUT2D eigenvalue weighted by molar-refractivity contribution is -0.118. The van der Waals surface area contributed by atoms with Crippen LogP contribution < -0.4 is 10.5 Å². The van der Waals surface area contributed by atoms with Crippen molar-refractivity contribution in [2.24, 2.45) is 5.73 Å². The number of benzene rings is 1. The van der Waals surface area contributed by atoms with Crippen LogP contribution in [0.5, 0.6) is 5.75 Å². The fraction of sp³-hybridized carbons (Fsp3) is 0.364. The van der Waals surface area contributed by atoms with Crippen molar-refractivity contribution in [2.75, 3.05) is 7.11 Å². The Balaban J connectivity index is 2.79. The fourth-order valence-electron chi connectivity index (χ4n) is 1.23. The number of hydrogen-bond acceptors (Lipinski definition) is 3. The van der Waals surface area contributed by atoms with Crippen molar-refractivity contribution in [1.82, 2.24) is 0 Å². The maximum absolute atomic E-state index is 11.0. The maximum Gasteiger partial charge on any atom is 0.146 e. The van der Waals surface area contributed by atoms with Crippen LogP contribution in [0.3, 0.4) is 0 Å². The van der Waals surface area contributed by atoms with Crippen molar-refractivity contribution in [1.29, 1.82) is 0 Å². The lowest BCUT2D eigenvalue weighted by Gasteiger charge is -2.09. The number of ketones is 1. The summed E-state index contributed by atoms with van der Waals surface area (Å²) in [4.78, 5) is 11.0. The van der Waals surface area contributed by atoms with Crippen LogP contribution in [0.25, 0.3) is 0 Å². The molecule has 0 amide bonds. The van der Waals surface area contributed by atoms with E-state index < -0.39 is 6.04 Å². The van der Waals surface area contributed by atoms with E-state index in [0.29, 0.717) is 17.2 Å². The molecule has 1 aromatic rings. The molecule has 0 aliphatic heterocycles. The number of carbonyl (C=O) groups excluding carboxylic acids is 1. The summed E-state index contributed by atoms with van der Waals surface area (Å²) in [6.07, 6.45) is 0.499. The van der Waals surface area contributed by atoms with Crippen LogP contribution in [0.1, 0.15) is 12.5 Å². The minimum Gasteiger partial charge on any atom is -0.495 e. The average Bonchev–Trinajstić information content (AvgIpc) is 2.18. The standard InChI is InChI=1S/C11H14ClNO2/c1-7(14)10(13)6-8-3-4-11(15-2)9(12)5-8/h3-5,10H,6,13H2,1-2H3. The first-order chi connectivity index (χ1) is 7.04. The lowest BCUT2D eigenvalue weighted by atomic mass is 10.0. The first-order valence-corrected chi connectivity index (χ1v) is 5.01. The Morgan fingerprint density at radius 2 is 2.27 bits per heavy atom. The molecule has 0 saturated carbocycles. The van der Waals surface area contributed by atoms with Crippen LogP contribution in [-0.4, -0.2) is 18.9 Å². The summed E-state index contributed by atoms with van der Waals surface area (Å²) in [6, 6.07) is 4.93. The van der Waals surface area contributed by atoms with Gasteiger partial charge in [-0.1, -0.05) is 17.7 Å². The van der Waals surface area contributed by atoms with E-state index in [2.05, 4.69) is 0 Å². The summed E-state index contributed by atoms with van der Waals surface area (Å²) >= 11 is 5.94. The zero-order chi connectivity index (χ0) is 11.4. The minimum atomic E-state index is -0.463. The van der Waals surface area contributed by atoms with Gasteiger partial charge in [-0.25, -0.2) is 0 Å². The Kier molecular flexibility index (Phi) is 4.12. The van der Waals surface area contributed by atoms with Gasteiger partial charge in [0, 0.05) is 0 Å². The summed E-state index contributed by atoms with van der Waals surface area (Å²) < 4.78 is 5.02. The molecule has 15 heavy (non-hydrogen) atoms. The molecule has 0 bridgehead atoms. The molecule has 2 N–H and O–H groups in total. The monoisotopic (exact) mass is 227 g/mol. The molecular formula is C11H14ClNO2. The molecule has 0 aliphatic rings.